The van der Waals surface area contributed by atoms with Crippen LogP contribution in [0.1, 0.15) is 28.3 Å². The number of carbonyl (C=O) groups excluding carboxylic acids is 2. The summed E-state index contributed by atoms with van der Waals surface area (Å²) in [5.74, 6) is -2.09. The van der Waals surface area contributed by atoms with E-state index in [9.17, 15) is 27.6 Å². The second-order valence-electron chi connectivity index (χ2n) is 9.93. The molecule has 7 atom stereocenters. The number of aromatic nitrogens is 1. The van der Waals surface area contributed by atoms with Crippen molar-refractivity contribution in [2.24, 2.45) is 29.6 Å². The molecule has 3 aromatic rings. The fourth-order valence-corrected chi connectivity index (χ4v) is 10.0. The number of hydrogen-bond acceptors (Lipinski definition) is 5. The molecule has 5 nitrogen and oxygen atoms in total. The summed E-state index contributed by atoms with van der Waals surface area (Å²) in [6.07, 6.45) is -3.84. The number of thiazole rings is 1. The number of H-pyrrole nitrogens is 1. The first kappa shape index (κ1) is 22.4. The van der Waals surface area contributed by atoms with Crippen LogP contribution in [-0.4, -0.2) is 22.0 Å². The summed E-state index contributed by atoms with van der Waals surface area (Å²) in [5.41, 5.74) is 0.162. The Bertz CT molecular complexity index is 1470. The van der Waals surface area contributed by atoms with Gasteiger partial charge in [0.15, 0.2) is 0 Å². The highest BCUT2D eigenvalue weighted by molar-refractivity contribution is 8.00. The largest absolute Gasteiger partial charge is 0.416 e. The van der Waals surface area contributed by atoms with Crippen LogP contribution in [0.5, 0.6) is 0 Å². The lowest BCUT2D eigenvalue weighted by atomic mass is 9.68. The minimum absolute atomic E-state index is 0.0210. The van der Waals surface area contributed by atoms with Gasteiger partial charge in [-0.1, -0.05) is 47.7 Å². The molecule has 2 amide bonds. The van der Waals surface area contributed by atoms with E-state index < -0.39 is 35.4 Å². The fraction of sp³-hybridized carbons (Fsp3) is 0.346. The van der Waals surface area contributed by atoms with Gasteiger partial charge in [-0.2, -0.15) is 13.2 Å². The number of fused-ring (bicyclic) bond motifs is 9. The average molecular weight is 529 g/mol. The predicted molar refractivity (Wildman–Crippen MR) is 129 cm³/mol. The Morgan fingerprint density at radius 1 is 0.917 bits per heavy atom. The van der Waals surface area contributed by atoms with Gasteiger partial charge >= 0.3 is 11.0 Å². The molecule has 2 aromatic carbocycles. The Labute approximate surface area is 211 Å². The number of rotatable bonds is 2. The van der Waals surface area contributed by atoms with Crippen molar-refractivity contribution in [3.8, 4) is 0 Å². The van der Waals surface area contributed by atoms with Crippen molar-refractivity contribution in [2.75, 3.05) is 4.90 Å². The first-order valence-corrected chi connectivity index (χ1v) is 13.4. The van der Waals surface area contributed by atoms with E-state index in [1.54, 1.807) is 11.8 Å². The number of imide groups is 1. The zero-order valence-corrected chi connectivity index (χ0v) is 20.2. The average Bonchev–Trinajstić information content (AvgIpc) is 3.58. The van der Waals surface area contributed by atoms with E-state index in [2.05, 4.69) is 4.98 Å². The van der Waals surface area contributed by atoms with Crippen molar-refractivity contribution in [1.29, 1.82) is 0 Å². The van der Waals surface area contributed by atoms with Gasteiger partial charge in [-0.25, -0.2) is 0 Å². The van der Waals surface area contributed by atoms with Gasteiger partial charge in [-0.15, -0.1) is 11.8 Å². The van der Waals surface area contributed by atoms with Gasteiger partial charge in [-0.05, 0) is 47.9 Å². The van der Waals surface area contributed by atoms with E-state index in [1.807, 2.05) is 30.3 Å². The molecular weight excluding hydrogens is 509 g/mol. The third-order valence-electron chi connectivity index (χ3n) is 8.31. The van der Waals surface area contributed by atoms with Gasteiger partial charge in [0.05, 0.1) is 28.1 Å². The molecule has 3 heterocycles. The van der Waals surface area contributed by atoms with Crippen LogP contribution in [0.2, 0.25) is 0 Å². The van der Waals surface area contributed by atoms with Gasteiger partial charge in [-0.3, -0.25) is 19.3 Å². The third-order valence-corrected chi connectivity index (χ3v) is 10.9. The van der Waals surface area contributed by atoms with Crippen LogP contribution in [0.3, 0.4) is 0 Å². The van der Waals surface area contributed by atoms with Crippen LogP contribution < -0.4 is 9.77 Å². The molecule has 2 aliphatic heterocycles. The van der Waals surface area contributed by atoms with Crippen molar-refractivity contribution in [1.82, 2.24) is 4.98 Å². The minimum Gasteiger partial charge on any atom is -0.307 e. The molecule has 1 saturated heterocycles. The number of thioether (sulfide) groups is 1. The molecule has 3 fully saturated rings. The van der Waals surface area contributed by atoms with E-state index in [0.717, 1.165) is 38.9 Å². The normalized spacial score (nSPS) is 32.5. The monoisotopic (exact) mass is 528 g/mol. The van der Waals surface area contributed by atoms with Gasteiger partial charge in [0.2, 0.25) is 11.8 Å². The van der Waals surface area contributed by atoms with Crippen LogP contribution in [0.25, 0.3) is 0 Å². The number of nitrogens with one attached hydrogen (secondary N) is 1. The Balaban J connectivity index is 1.30. The van der Waals surface area contributed by atoms with E-state index in [4.69, 9.17) is 0 Å². The van der Waals surface area contributed by atoms with E-state index in [1.165, 1.54) is 23.5 Å². The number of hydrogen-bond donors (Lipinski definition) is 1. The molecular formula is C26H19F3N2O3S2. The third kappa shape index (κ3) is 3.00. The molecule has 36 heavy (non-hydrogen) atoms. The maximum absolute atomic E-state index is 13.7. The number of nitrogens with zero attached hydrogens (tertiary/aromatic N) is 1. The first-order valence-electron chi connectivity index (χ1n) is 11.7. The highest BCUT2D eigenvalue weighted by Gasteiger charge is 2.69. The summed E-state index contributed by atoms with van der Waals surface area (Å²) in [4.78, 5) is 44.3. The fourth-order valence-electron chi connectivity index (χ4n) is 7.13. The lowest BCUT2D eigenvalue weighted by molar-refractivity contribution is -0.137. The van der Waals surface area contributed by atoms with Gasteiger partial charge in [0.25, 0.3) is 0 Å². The highest BCUT2D eigenvalue weighted by atomic mass is 32.2. The molecule has 10 heteroatoms. The molecule has 2 aliphatic carbocycles. The molecule has 2 saturated carbocycles. The van der Waals surface area contributed by atoms with Gasteiger partial charge in [0.1, 0.15) is 0 Å². The van der Waals surface area contributed by atoms with Crippen LogP contribution in [-0.2, 0) is 15.8 Å². The molecule has 7 rings (SSSR count). The summed E-state index contributed by atoms with van der Waals surface area (Å²) in [6, 6.07) is 14.4. The van der Waals surface area contributed by atoms with Gasteiger partial charge < -0.3 is 4.98 Å². The number of amides is 2. The van der Waals surface area contributed by atoms with Crippen LogP contribution in [0.4, 0.5) is 18.9 Å². The first-order chi connectivity index (χ1) is 17.2. The van der Waals surface area contributed by atoms with Crippen molar-refractivity contribution < 1.29 is 22.8 Å². The summed E-state index contributed by atoms with van der Waals surface area (Å²) >= 11 is 2.79. The highest BCUT2D eigenvalue weighted by Crippen LogP contribution is 2.68. The maximum Gasteiger partial charge on any atom is 0.416 e. The number of aromatic amines is 1. The zero-order valence-electron chi connectivity index (χ0n) is 18.6. The number of benzene rings is 2. The standard InChI is InChI=1S/C26H19F3N2O3S2/c27-26(28,29)12-7-4-8-13(9-12)31-23(32)18-14-10-15(19(18)24(31)33)20-17(14)16(11-5-2-1-3-6-11)21-22(35-20)30-25(34)36-21/h1-9,14-20H,10H2,(H,30,34)/t14-,15+,16-,17+,18-,19+,20-/m1/s1. The summed E-state index contributed by atoms with van der Waals surface area (Å²) in [6.45, 7) is 0. The second kappa shape index (κ2) is 7.58. The topological polar surface area (TPSA) is 70.2 Å². The molecule has 2 bridgehead atoms. The van der Waals surface area contributed by atoms with Crippen LogP contribution in [0, 0.1) is 29.6 Å². The molecule has 4 aliphatic rings. The maximum atomic E-state index is 13.7. The summed E-state index contributed by atoms with van der Waals surface area (Å²) < 4.78 is 40.0. The summed E-state index contributed by atoms with van der Waals surface area (Å²) in [5, 5.41) is 0.869. The van der Waals surface area contributed by atoms with E-state index in [-0.39, 0.29) is 39.5 Å². The van der Waals surface area contributed by atoms with E-state index >= 15 is 0 Å². The van der Waals surface area contributed by atoms with Crippen molar-refractivity contribution in [2.45, 2.75) is 28.8 Å². The number of carbonyl (C=O) groups is 2. The Kier molecular flexibility index (Phi) is 4.71. The molecule has 0 spiro atoms. The SMILES string of the molecule is O=C1[C@@H]2[C@@H]3C[C@H]([C@H]4Sc5[nH]c(=O)sc5[C@H](c5ccccc5)[C@H]34)[C@@H]2C(=O)N1c1cccc(C(F)(F)F)c1. The quantitative estimate of drug-likeness (QED) is 0.468. The van der Waals surface area contributed by atoms with E-state index in [0.29, 0.717) is 0 Å². The Morgan fingerprint density at radius 3 is 2.36 bits per heavy atom. The Morgan fingerprint density at radius 2 is 1.64 bits per heavy atom. The number of anilines is 1. The van der Waals surface area contributed by atoms with Crippen LogP contribution in [0.15, 0.2) is 64.4 Å². The van der Waals surface area contributed by atoms with Crippen molar-refractivity contribution >= 4 is 40.6 Å². The lowest BCUT2D eigenvalue weighted by Crippen LogP contribution is -2.42. The molecule has 1 aromatic heterocycles. The predicted octanol–water partition coefficient (Wildman–Crippen LogP) is 5.13. The van der Waals surface area contributed by atoms with Crippen LogP contribution >= 0.6 is 23.1 Å². The van der Waals surface area contributed by atoms with Crippen molar-refractivity contribution in [3.05, 3.63) is 80.3 Å². The number of halogens is 3. The lowest BCUT2D eigenvalue weighted by Gasteiger charge is -2.43. The minimum atomic E-state index is -4.57. The molecule has 1 N–H and O–H groups in total. The molecule has 0 radical (unpaired) electrons. The summed E-state index contributed by atoms with van der Waals surface area (Å²) in [7, 11) is 0. The number of alkyl halides is 3. The van der Waals surface area contributed by atoms with Gasteiger partial charge in [0, 0.05) is 16.0 Å². The second-order valence-corrected chi connectivity index (χ2v) is 12.1. The molecule has 0 unspecified atom stereocenters. The molecule has 184 valence electrons. The smallest absolute Gasteiger partial charge is 0.307 e. The Hall–Kier alpha value is -2.85. The zero-order chi connectivity index (χ0) is 24.9. The van der Waals surface area contributed by atoms with Crippen molar-refractivity contribution in [3.63, 3.8) is 0 Å².